The van der Waals surface area contributed by atoms with Crippen molar-refractivity contribution in [3.8, 4) is 11.1 Å². The number of rotatable bonds is 3. The van der Waals surface area contributed by atoms with E-state index in [0.717, 1.165) is 38.7 Å². The highest BCUT2D eigenvalue weighted by Gasteiger charge is 2.25. The van der Waals surface area contributed by atoms with Gasteiger partial charge >= 0.3 is 0 Å². The number of fused-ring (bicyclic) bond motifs is 2. The van der Waals surface area contributed by atoms with Crippen molar-refractivity contribution >= 4 is 22.2 Å². The molecule has 0 aliphatic heterocycles. The average molecular weight is 285 g/mol. The molecule has 0 heterocycles. The Balaban J connectivity index is 2.08. The van der Waals surface area contributed by atoms with Crippen molar-refractivity contribution in [3.05, 3.63) is 78.4 Å². The summed E-state index contributed by atoms with van der Waals surface area (Å²) in [6.45, 7) is 4.44. The van der Waals surface area contributed by atoms with Gasteiger partial charge in [0.05, 0.1) is 0 Å². The zero-order valence-corrected chi connectivity index (χ0v) is 12.1. The second-order valence-corrected chi connectivity index (χ2v) is 5.43. The number of hydrogen-bond acceptors (Lipinski definition) is 2. The van der Waals surface area contributed by atoms with Gasteiger partial charge < -0.3 is 5.32 Å². The van der Waals surface area contributed by atoms with Crippen LogP contribution in [0.25, 0.3) is 21.9 Å². The van der Waals surface area contributed by atoms with E-state index in [1.165, 1.54) is 0 Å². The normalized spacial score (nSPS) is 12.1. The number of benzene rings is 3. The summed E-state index contributed by atoms with van der Waals surface area (Å²) in [7, 11) is 0. The lowest BCUT2D eigenvalue weighted by Crippen LogP contribution is -2.10. The standard InChI is InChI=1S/C20H15NO/c1-2-12-21-18-11-10-14-13-6-3-4-7-15(13)20(22)17-9-5-8-16(18)19(14)17/h2-11,21H,1,12H2. The Labute approximate surface area is 129 Å². The third-order valence-electron chi connectivity index (χ3n) is 4.18. The Morgan fingerprint density at radius 1 is 0.864 bits per heavy atom. The van der Waals surface area contributed by atoms with Gasteiger partial charge in [-0.05, 0) is 17.2 Å². The van der Waals surface area contributed by atoms with Crippen LogP contribution in [0.4, 0.5) is 5.69 Å². The molecule has 106 valence electrons. The summed E-state index contributed by atoms with van der Waals surface area (Å²) >= 11 is 0. The third-order valence-corrected chi connectivity index (χ3v) is 4.18. The first kappa shape index (κ1) is 12.8. The van der Waals surface area contributed by atoms with Crippen LogP contribution in [0.2, 0.25) is 0 Å². The number of hydrogen-bond donors (Lipinski definition) is 1. The molecule has 0 radical (unpaired) electrons. The molecule has 0 saturated carbocycles. The Kier molecular flexibility index (Phi) is 2.83. The molecule has 0 unspecified atom stereocenters. The van der Waals surface area contributed by atoms with Gasteiger partial charge in [-0.1, -0.05) is 54.6 Å². The van der Waals surface area contributed by atoms with E-state index in [0.29, 0.717) is 6.54 Å². The van der Waals surface area contributed by atoms with E-state index in [1.54, 1.807) is 0 Å². The van der Waals surface area contributed by atoms with Crippen LogP contribution in [0, 0.1) is 0 Å². The van der Waals surface area contributed by atoms with E-state index in [2.05, 4.69) is 30.1 Å². The molecule has 2 nitrogen and oxygen atoms in total. The monoisotopic (exact) mass is 285 g/mol. The number of nitrogens with one attached hydrogen (secondary N) is 1. The molecule has 0 atom stereocenters. The summed E-state index contributed by atoms with van der Waals surface area (Å²) < 4.78 is 0. The van der Waals surface area contributed by atoms with E-state index in [-0.39, 0.29) is 5.78 Å². The third kappa shape index (κ3) is 1.70. The second-order valence-electron chi connectivity index (χ2n) is 5.43. The van der Waals surface area contributed by atoms with Gasteiger partial charge in [0.1, 0.15) is 0 Å². The van der Waals surface area contributed by atoms with Crippen LogP contribution in [-0.4, -0.2) is 12.3 Å². The Morgan fingerprint density at radius 2 is 1.64 bits per heavy atom. The molecule has 3 aromatic rings. The molecular weight excluding hydrogens is 270 g/mol. The minimum absolute atomic E-state index is 0.106. The zero-order chi connectivity index (χ0) is 15.1. The first-order chi connectivity index (χ1) is 10.8. The highest BCUT2D eigenvalue weighted by atomic mass is 16.1. The van der Waals surface area contributed by atoms with Crippen LogP contribution < -0.4 is 5.32 Å². The van der Waals surface area contributed by atoms with Crippen molar-refractivity contribution in [2.45, 2.75) is 0 Å². The average Bonchev–Trinajstić information content (AvgIpc) is 2.58. The van der Waals surface area contributed by atoms with Crippen LogP contribution in [0.15, 0.2) is 67.3 Å². The Morgan fingerprint density at radius 3 is 2.45 bits per heavy atom. The highest BCUT2D eigenvalue weighted by molar-refractivity contribution is 6.27. The minimum atomic E-state index is 0.106. The lowest BCUT2D eigenvalue weighted by molar-refractivity contribution is 0.104. The number of carbonyl (C=O) groups excluding carboxylic acids is 1. The van der Waals surface area contributed by atoms with Gasteiger partial charge in [0.15, 0.2) is 5.78 Å². The maximum absolute atomic E-state index is 12.8. The molecule has 0 saturated heterocycles. The van der Waals surface area contributed by atoms with E-state index >= 15 is 0 Å². The topological polar surface area (TPSA) is 29.1 Å². The Bertz CT molecular complexity index is 924. The SMILES string of the molecule is C=CCNc1ccc2c3c(cccc13)C(=O)c1ccccc1-2. The number of ketones is 1. The van der Waals surface area contributed by atoms with Crippen molar-refractivity contribution in [2.24, 2.45) is 0 Å². The predicted octanol–water partition coefficient (Wildman–Crippen LogP) is 4.65. The van der Waals surface area contributed by atoms with Gasteiger partial charge in [0.25, 0.3) is 0 Å². The van der Waals surface area contributed by atoms with Crippen LogP contribution in [-0.2, 0) is 0 Å². The van der Waals surface area contributed by atoms with Crippen molar-refractivity contribution in [1.82, 2.24) is 0 Å². The summed E-state index contributed by atoms with van der Waals surface area (Å²) in [6.07, 6.45) is 1.83. The van der Waals surface area contributed by atoms with Crippen LogP contribution in [0.5, 0.6) is 0 Å². The lowest BCUT2D eigenvalue weighted by Gasteiger charge is -2.21. The Hall–Kier alpha value is -2.87. The summed E-state index contributed by atoms with van der Waals surface area (Å²) in [4.78, 5) is 12.8. The summed E-state index contributed by atoms with van der Waals surface area (Å²) in [5, 5.41) is 5.47. The smallest absolute Gasteiger partial charge is 0.194 e. The van der Waals surface area contributed by atoms with E-state index in [1.807, 2.05) is 42.5 Å². The molecule has 1 aliphatic carbocycles. The first-order valence-corrected chi connectivity index (χ1v) is 7.36. The van der Waals surface area contributed by atoms with E-state index in [4.69, 9.17) is 0 Å². The van der Waals surface area contributed by atoms with Crippen LogP contribution in [0.1, 0.15) is 15.9 Å². The molecule has 0 fully saturated rings. The summed E-state index contributed by atoms with van der Waals surface area (Å²) in [5.41, 5.74) is 4.76. The van der Waals surface area contributed by atoms with Crippen molar-refractivity contribution in [3.63, 3.8) is 0 Å². The maximum Gasteiger partial charge on any atom is 0.194 e. The summed E-state index contributed by atoms with van der Waals surface area (Å²) in [5.74, 6) is 0.106. The van der Waals surface area contributed by atoms with Gasteiger partial charge in [0, 0.05) is 34.1 Å². The molecule has 22 heavy (non-hydrogen) atoms. The van der Waals surface area contributed by atoms with Gasteiger partial charge in [-0.25, -0.2) is 0 Å². The van der Waals surface area contributed by atoms with Crippen molar-refractivity contribution < 1.29 is 4.79 Å². The van der Waals surface area contributed by atoms with E-state index in [9.17, 15) is 4.79 Å². The van der Waals surface area contributed by atoms with Crippen LogP contribution >= 0.6 is 0 Å². The fraction of sp³-hybridized carbons (Fsp3) is 0.0500. The van der Waals surface area contributed by atoms with Crippen molar-refractivity contribution in [1.29, 1.82) is 0 Å². The van der Waals surface area contributed by atoms with Gasteiger partial charge in [-0.15, -0.1) is 6.58 Å². The molecule has 0 spiro atoms. The van der Waals surface area contributed by atoms with Gasteiger partial charge in [0.2, 0.25) is 0 Å². The molecule has 1 aliphatic rings. The molecule has 2 heteroatoms. The maximum atomic E-state index is 12.8. The highest BCUT2D eigenvalue weighted by Crippen LogP contribution is 2.41. The molecule has 0 aromatic heterocycles. The molecule has 1 N–H and O–H groups in total. The number of carbonyl (C=O) groups is 1. The fourth-order valence-corrected chi connectivity index (χ4v) is 3.22. The molecule has 3 aromatic carbocycles. The lowest BCUT2D eigenvalue weighted by atomic mass is 9.82. The van der Waals surface area contributed by atoms with Gasteiger partial charge in [-0.3, -0.25) is 4.79 Å². The number of anilines is 1. The van der Waals surface area contributed by atoms with Crippen molar-refractivity contribution in [2.75, 3.05) is 11.9 Å². The summed E-state index contributed by atoms with van der Waals surface area (Å²) in [6, 6.07) is 17.9. The minimum Gasteiger partial charge on any atom is -0.381 e. The largest absolute Gasteiger partial charge is 0.381 e. The molecular formula is C20H15NO. The molecule has 0 bridgehead atoms. The van der Waals surface area contributed by atoms with E-state index < -0.39 is 0 Å². The molecule has 4 rings (SSSR count). The predicted molar refractivity (Wildman–Crippen MR) is 91.5 cm³/mol. The first-order valence-electron chi connectivity index (χ1n) is 7.36. The van der Waals surface area contributed by atoms with Gasteiger partial charge in [-0.2, -0.15) is 0 Å². The quantitative estimate of drug-likeness (QED) is 0.555. The van der Waals surface area contributed by atoms with Crippen LogP contribution in [0.3, 0.4) is 0 Å². The second kappa shape index (κ2) is 4.85. The zero-order valence-electron chi connectivity index (χ0n) is 12.1. The fourth-order valence-electron chi connectivity index (χ4n) is 3.22. The molecule has 0 amide bonds.